The summed E-state index contributed by atoms with van der Waals surface area (Å²) in [5.41, 5.74) is 5.21. The molecule has 1 aliphatic carbocycles. The molecule has 3 rings (SSSR count). The Bertz CT molecular complexity index is 791. The monoisotopic (exact) mass is 400 g/mol. The second kappa shape index (κ2) is 7.73. The van der Waals surface area contributed by atoms with E-state index < -0.39 is 35.6 Å². The second-order valence-electron chi connectivity index (χ2n) is 7.65. The van der Waals surface area contributed by atoms with E-state index in [1.165, 1.54) is 0 Å². The maximum Gasteiger partial charge on any atom is 0.416 e. The van der Waals surface area contributed by atoms with E-state index in [1.54, 1.807) is 11.8 Å². The van der Waals surface area contributed by atoms with Gasteiger partial charge in [-0.05, 0) is 38.0 Å². The average molecular weight is 400 g/mol. The van der Waals surface area contributed by atoms with E-state index in [0.717, 1.165) is 31.4 Å². The molecule has 8 heteroatoms. The van der Waals surface area contributed by atoms with Crippen molar-refractivity contribution < 1.29 is 27.5 Å². The number of aliphatic hydroxyl groups excluding tert-OH is 1. The van der Waals surface area contributed by atoms with Crippen molar-refractivity contribution in [1.29, 1.82) is 0 Å². The van der Waals surface area contributed by atoms with Crippen LogP contribution in [0.2, 0.25) is 0 Å². The third-order valence-corrected chi connectivity index (χ3v) is 5.92. The van der Waals surface area contributed by atoms with E-state index in [0.29, 0.717) is 24.7 Å². The third-order valence-electron chi connectivity index (χ3n) is 5.92. The van der Waals surface area contributed by atoms with Gasteiger partial charge in [-0.2, -0.15) is 13.2 Å². The van der Waals surface area contributed by atoms with Crippen molar-refractivity contribution in [2.45, 2.75) is 57.3 Å². The number of nitrogens with two attached hydrogens (primary N) is 1. The van der Waals surface area contributed by atoms with Gasteiger partial charge in [0.05, 0.1) is 17.7 Å². The van der Waals surface area contributed by atoms with Crippen molar-refractivity contribution in [2.75, 3.05) is 6.54 Å². The van der Waals surface area contributed by atoms with Gasteiger partial charge >= 0.3 is 6.18 Å². The van der Waals surface area contributed by atoms with Crippen LogP contribution in [-0.4, -0.2) is 28.6 Å². The molecule has 3 atom stereocenters. The van der Waals surface area contributed by atoms with Crippen LogP contribution in [0.15, 0.2) is 29.5 Å². The Balaban J connectivity index is 1.98. The zero-order valence-corrected chi connectivity index (χ0v) is 15.6. The quantitative estimate of drug-likeness (QED) is 0.754. The summed E-state index contributed by atoms with van der Waals surface area (Å²) in [6.07, 6.45) is -1.77. The molecule has 0 saturated heterocycles. The van der Waals surface area contributed by atoms with Crippen LogP contribution in [0.4, 0.5) is 17.6 Å². The fourth-order valence-corrected chi connectivity index (χ4v) is 4.31. The lowest BCUT2D eigenvalue weighted by atomic mass is 9.85. The number of nitrogens with zero attached hydrogens (tertiary/aromatic N) is 1. The molecule has 1 aliphatic heterocycles. The van der Waals surface area contributed by atoms with E-state index in [-0.39, 0.29) is 23.5 Å². The van der Waals surface area contributed by atoms with Crippen LogP contribution in [0, 0.1) is 11.7 Å². The van der Waals surface area contributed by atoms with Crippen LogP contribution in [0.1, 0.15) is 56.2 Å². The SMILES string of the molecule is CC1=C(C(N)=O)CC(c2cc(C(F)(F)F)ccc2F)N1CC1CCCCC1O. The number of allylic oxidation sites excluding steroid dienone is 1. The molecule has 4 nitrogen and oxygen atoms in total. The lowest BCUT2D eigenvalue weighted by molar-refractivity contribution is -0.137. The predicted octanol–water partition coefficient (Wildman–Crippen LogP) is 3.90. The second-order valence-corrected chi connectivity index (χ2v) is 7.65. The van der Waals surface area contributed by atoms with Crippen LogP contribution in [-0.2, 0) is 11.0 Å². The maximum absolute atomic E-state index is 14.5. The van der Waals surface area contributed by atoms with Crippen molar-refractivity contribution in [1.82, 2.24) is 4.90 Å². The van der Waals surface area contributed by atoms with Crippen molar-refractivity contribution in [3.63, 3.8) is 0 Å². The van der Waals surface area contributed by atoms with Gasteiger partial charge in [0, 0.05) is 35.7 Å². The van der Waals surface area contributed by atoms with Gasteiger partial charge in [-0.1, -0.05) is 12.8 Å². The van der Waals surface area contributed by atoms with Crippen molar-refractivity contribution in [3.8, 4) is 0 Å². The Labute approximate surface area is 161 Å². The fraction of sp³-hybridized carbons (Fsp3) is 0.550. The molecular formula is C20H24F4N2O2. The molecule has 3 N–H and O–H groups in total. The summed E-state index contributed by atoms with van der Waals surface area (Å²) in [5, 5.41) is 10.3. The Morgan fingerprint density at radius 1 is 1.29 bits per heavy atom. The summed E-state index contributed by atoms with van der Waals surface area (Å²) >= 11 is 0. The summed E-state index contributed by atoms with van der Waals surface area (Å²) < 4.78 is 53.9. The topological polar surface area (TPSA) is 66.6 Å². The number of benzene rings is 1. The van der Waals surface area contributed by atoms with Crippen molar-refractivity contribution >= 4 is 5.91 Å². The van der Waals surface area contributed by atoms with Crippen LogP contribution in [0.25, 0.3) is 0 Å². The molecular weight excluding hydrogens is 376 g/mol. The van der Waals surface area contributed by atoms with E-state index >= 15 is 0 Å². The van der Waals surface area contributed by atoms with Gasteiger partial charge in [-0.3, -0.25) is 4.79 Å². The van der Waals surface area contributed by atoms with Gasteiger partial charge in [-0.25, -0.2) is 4.39 Å². The molecule has 1 aromatic carbocycles. The van der Waals surface area contributed by atoms with Gasteiger partial charge < -0.3 is 15.7 Å². The first-order valence-corrected chi connectivity index (χ1v) is 9.40. The molecule has 1 amide bonds. The van der Waals surface area contributed by atoms with Crippen LogP contribution in [0.3, 0.4) is 0 Å². The highest BCUT2D eigenvalue weighted by Crippen LogP contribution is 2.43. The Hall–Kier alpha value is -2.09. The molecule has 1 fully saturated rings. The minimum atomic E-state index is -4.60. The average Bonchev–Trinajstić information content (AvgIpc) is 2.93. The van der Waals surface area contributed by atoms with Crippen LogP contribution >= 0.6 is 0 Å². The first-order chi connectivity index (χ1) is 13.1. The highest BCUT2D eigenvalue weighted by atomic mass is 19.4. The predicted molar refractivity (Wildman–Crippen MR) is 95.3 cm³/mol. The molecule has 28 heavy (non-hydrogen) atoms. The molecule has 1 heterocycles. The van der Waals surface area contributed by atoms with Crippen molar-refractivity contribution in [2.24, 2.45) is 11.7 Å². The lowest BCUT2D eigenvalue weighted by Crippen LogP contribution is -2.36. The maximum atomic E-state index is 14.5. The molecule has 1 saturated carbocycles. The van der Waals surface area contributed by atoms with E-state index in [1.807, 2.05) is 0 Å². The molecule has 0 radical (unpaired) electrons. The number of primary amides is 1. The number of halogens is 4. The van der Waals surface area contributed by atoms with Crippen molar-refractivity contribution in [3.05, 3.63) is 46.4 Å². The Morgan fingerprint density at radius 3 is 2.57 bits per heavy atom. The number of aliphatic hydroxyl groups is 1. The Morgan fingerprint density at radius 2 is 1.96 bits per heavy atom. The molecule has 0 spiro atoms. The number of alkyl halides is 3. The smallest absolute Gasteiger partial charge is 0.393 e. The van der Waals surface area contributed by atoms with Gasteiger partial charge in [0.2, 0.25) is 5.91 Å². The van der Waals surface area contributed by atoms with Gasteiger partial charge in [-0.15, -0.1) is 0 Å². The lowest BCUT2D eigenvalue weighted by Gasteiger charge is -2.36. The Kier molecular flexibility index (Phi) is 5.70. The first kappa shape index (κ1) is 20.6. The zero-order valence-electron chi connectivity index (χ0n) is 15.6. The van der Waals surface area contributed by atoms with E-state index in [2.05, 4.69) is 0 Å². The molecule has 154 valence electrons. The minimum Gasteiger partial charge on any atom is -0.393 e. The summed E-state index contributed by atoms with van der Waals surface area (Å²) in [6, 6.07) is 1.56. The summed E-state index contributed by atoms with van der Waals surface area (Å²) in [7, 11) is 0. The highest BCUT2D eigenvalue weighted by molar-refractivity contribution is 5.93. The fourth-order valence-electron chi connectivity index (χ4n) is 4.31. The zero-order chi connectivity index (χ0) is 20.6. The summed E-state index contributed by atoms with van der Waals surface area (Å²) in [6.45, 7) is 2.00. The largest absolute Gasteiger partial charge is 0.416 e. The molecule has 3 unspecified atom stereocenters. The van der Waals surface area contributed by atoms with Crippen LogP contribution in [0.5, 0.6) is 0 Å². The van der Waals surface area contributed by atoms with Gasteiger partial charge in [0.25, 0.3) is 0 Å². The molecule has 0 aromatic heterocycles. The number of amides is 1. The molecule has 1 aromatic rings. The van der Waals surface area contributed by atoms with E-state index in [4.69, 9.17) is 5.73 Å². The number of rotatable bonds is 4. The van der Waals surface area contributed by atoms with E-state index in [9.17, 15) is 27.5 Å². The summed E-state index contributed by atoms with van der Waals surface area (Å²) in [4.78, 5) is 13.6. The minimum absolute atomic E-state index is 0.0439. The van der Waals surface area contributed by atoms with Gasteiger partial charge in [0.1, 0.15) is 5.82 Å². The molecule has 2 aliphatic rings. The van der Waals surface area contributed by atoms with Gasteiger partial charge in [0.15, 0.2) is 0 Å². The first-order valence-electron chi connectivity index (χ1n) is 9.40. The standard InChI is InChI=1S/C20H24F4N2O2/c1-11-14(19(25)28)9-17(26(11)10-12-4-2-3-5-18(12)27)15-8-13(20(22,23)24)6-7-16(15)21/h6-8,12,17-18,27H,2-5,9-10H2,1H3,(H2,25,28). The summed E-state index contributed by atoms with van der Waals surface area (Å²) in [5.74, 6) is -1.51. The molecule has 0 bridgehead atoms. The number of hydrogen-bond donors (Lipinski definition) is 2. The number of carbonyl (C=O) groups excluding carboxylic acids is 1. The number of carbonyl (C=O) groups is 1. The number of hydrogen-bond acceptors (Lipinski definition) is 3. The normalized spacial score (nSPS) is 26.1. The van der Waals surface area contributed by atoms with Crippen LogP contribution < -0.4 is 5.73 Å². The third kappa shape index (κ3) is 4.01. The highest BCUT2D eigenvalue weighted by Gasteiger charge is 2.39.